The normalized spacial score (nSPS) is 40.3. The van der Waals surface area contributed by atoms with Crippen molar-refractivity contribution in [1.29, 1.82) is 0 Å². The first-order valence-corrected chi connectivity index (χ1v) is 25.2. The minimum Gasteiger partial charge on any atom is -0.511 e. The molecule has 342 valence electrons. The number of ether oxygens (including phenoxy) is 2. The number of carbonyl (C=O) groups is 3. The molecule has 6 aliphatic carbocycles. The molecule has 11 rings (SSSR count). The summed E-state index contributed by atoms with van der Waals surface area (Å²) in [6, 6.07) is 12.0. The highest BCUT2D eigenvalue weighted by molar-refractivity contribution is 8.76. The van der Waals surface area contributed by atoms with E-state index >= 15 is 4.79 Å². The molecule has 2 aromatic rings. The van der Waals surface area contributed by atoms with Gasteiger partial charge in [-0.05, 0) is 102 Å². The van der Waals surface area contributed by atoms with Crippen molar-refractivity contribution in [3.05, 3.63) is 123 Å². The van der Waals surface area contributed by atoms with Gasteiger partial charge in [-0.25, -0.2) is 0 Å². The Morgan fingerprint density at radius 2 is 1.83 bits per heavy atom. The summed E-state index contributed by atoms with van der Waals surface area (Å²) in [6.45, 7) is -0.402. The summed E-state index contributed by atoms with van der Waals surface area (Å²) in [5.41, 5.74) is -2.94. The average molecular weight is 923 g/mol. The Labute approximate surface area is 384 Å². The van der Waals surface area contributed by atoms with E-state index in [9.17, 15) is 40.2 Å². The Kier molecular flexibility index (Phi) is 10.5. The predicted octanol–water partition coefficient (Wildman–Crippen LogP) is 4.75. The van der Waals surface area contributed by atoms with Crippen LogP contribution in [-0.2, 0) is 22.6 Å². The summed E-state index contributed by atoms with van der Waals surface area (Å²) < 4.78 is 12.9. The summed E-state index contributed by atoms with van der Waals surface area (Å²) >= 11 is 0. The van der Waals surface area contributed by atoms with E-state index in [1.54, 1.807) is 36.4 Å². The number of rotatable bonds is 5. The first kappa shape index (κ1) is 43.4. The topological polar surface area (TPSA) is 215 Å². The molecule has 8 N–H and O–H groups in total. The molecule has 2 aromatic carbocycles. The molecule has 3 fully saturated rings. The van der Waals surface area contributed by atoms with E-state index in [4.69, 9.17) is 9.47 Å². The molecule has 2 saturated carbocycles. The Bertz CT molecular complexity index is 2540. The SMILES string of the molecule is O=CC1CCCC12CC1CCC3=C4C=C(NCSSCC56C(=O)c7c(cccc7C(=O)C5C=C(Cc5cccc(CO)c5)C=C6O)OC5OC6(CO)C=CC(C41C2)C(O)(C5O)C6O)NC3. The van der Waals surface area contributed by atoms with Crippen LogP contribution in [0.25, 0.3) is 0 Å². The van der Waals surface area contributed by atoms with E-state index in [2.05, 4.69) is 16.7 Å². The van der Waals surface area contributed by atoms with Crippen molar-refractivity contribution in [2.45, 2.75) is 87.7 Å². The highest BCUT2D eigenvalue weighted by Gasteiger charge is 2.74. The highest BCUT2D eigenvalue weighted by atomic mass is 33.1. The highest BCUT2D eigenvalue weighted by Crippen LogP contribution is 2.72. The summed E-state index contributed by atoms with van der Waals surface area (Å²) in [7, 11) is 2.79. The third kappa shape index (κ3) is 6.11. The van der Waals surface area contributed by atoms with Gasteiger partial charge in [0.25, 0.3) is 0 Å². The number of ketones is 2. The Balaban J connectivity index is 1.05. The first-order valence-electron chi connectivity index (χ1n) is 22.7. The van der Waals surface area contributed by atoms with Crippen LogP contribution in [0.4, 0.5) is 0 Å². The van der Waals surface area contributed by atoms with Gasteiger partial charge in [-0.15, -0.1) is 0 Å². The number of carbonyl (C=O) groups excluding carboxylic acids is 3. The van der Waals surface area contributed by atoms with Crippen molar-refractivity contribution in [3.8, 4) is 5.75 Å². The van der Waals surface area contributed by atoms with E-state index < -0.39 is 70.5 Å². The number of benzene rings is 2. The zero-order chi connectivity index (χ0) is 45.1. The second kappa shape index (κ2) is 15.7. The Morgan fingerprint density at radius 3 is 2.65 bits per heavy atom. The standard InChI is InChI=1S/C50H54N2O11S2/c53-21-28-5-1-4-27(14-28)15-29-16-35-41(57)33-7-2-8-36-40(33)42(58)49(35,38(56)17-29)25-64-65-26-52-39-18-34-30(20-51-39)9-10-31-19-46(12-3-6-32(46)22-54)23-48(31,34)37-11-13-47(24-55)45(60)50(37,61)43(59)44(62-36)63-47/h1-2,4-5,7-8,11,13-14,16-18,22,31-32,35,37,43-45,51-53,55-56,59-61H,3,6,9-10,12,15,19-21,23-26H2. The average Bonchev–Trinajstić information content (AvgIpc) is 3.88. The number of dihydropyridines is 1. The molecule has 12 unspecified atom stereocenters. The van der Waals surface area contributed by atoms with Gasteiger partial charge in [0.05, 0.1) is 36.4 Å². The third-order valence-corrected chi connectivity index (χ3v) is 19.1. The minimum atomic E-state index is -2.39. The molecule has 0 amide bonds. The number of allylic oxidation sites excluding steroid dienone is 6. The Morgan fingerprint density at radius 1 is 1.00 bits per heavy atom. The maximum absolute atomic E-state index is 15.4. The van der Waals surface area contributed by atoms with Crippen LogP contribution in [0, 0.1) is 39.9 Å². The van der Waals surface area contributed by atoms with Gasteiger partial charge in [-0.3, -0.25) is 9.59 Å². The summed E-state index contributed by atoms with van der Waals surface area (Å²) in [4.78, 5) is 43.1. The molecule has 1 saturated heterocycles. The number of hydrogen-bond donors (Lipinski definition) is 8. The van der Waals surface area contributed by atoms with Crippen LogP contribution in [-0.4, -0.2) is 103 Å². The van der Waals surface area contributed by atoms with Crippen molar-refractivity contribution >= 4 is 39.4 Å². The molecular weight excluding hydrogens is 869 g/mol. The molecule has 0 aromatic heterocycles. The first-order chi connectivity index (χ1) is 31.4. The molecule has 9 aliphatic rings. The second-order valence-corrected chi connectivity index (χ2v) is 22.3. The van der Waals surface area contributed by atoms with Gasteiger partial charge in [0.2, 0.25) is 6.29 Å². The van der Waals surface area contributed by atoms with Gasteiger partial charge in [0.1, 0.15) is 46.6 Å². The van der Waals surface area contributed by atoms with Crippen LogP contribution in [0.2, 0.25) is 0 Å². The maximum atomic E-state index is 15.4. The number of hydrogen-bond acceptors (Lipinski definition) is 15. The van der Waals surface area contributed by atoms with Gasteiger partial charge < -0.3 is 55.5 Å². The largest absolute Gasteiger partial charge is 0.511 e. The summed E-state index contributed by atoms with van der Waals surface area (Å²) in [5, 5.41) is 78.7. The van der Waals surface area contributed by atoms with Crippen molar-refractivity contribution < 1.29 is 54.5 Å². The number of Topliss-reactive ketones (excluding diaryl/α,β-unsaturated/α-hetero) is 2. The lowest BCUT2D eigenvalue weighted by atomic mass is 9.49. The number of nitrogens with one attached hydrogen (secondary N) is 2. The van der Waals surface area contributed by atoms with E-state index in [1.165, 1.54) is 33.7 Å². The van der Waals surface area contributed by atoms with Crippen LogP contribution in [0.5, 0.6) is 5.75 Å². The van der Waals surface area contributed by atoms with Crippen LogP contribution >= 0.6 is 21.6 Å². The zero-order valence-electron chi connectivity index (χ0n) is 35.8. The molecular formula is C50H54N2O11S2. The molecule has 7 bridgehead atoms. The molecule has 13 nitrogen and oxygen atoms in total. The molecule has 3 spiro atoms. The zero-order valence-corrected chi connectivity index (χ0v) is 37.4. The van der Waals surface area contributed by atoms with E-state index in [0.29, 0.717) is 30.8 Å². The van der Waals surface area contributed by atoms with Crippen molar-refractivity contribution in [3.63, 3.8) is 0 Å². The second-order valence-electron chi connectivity index (χ2n) is 19.8. The fourth-order valence-electron chi connectivity index (χ4n) is 13.8. The molecule has 65 heavy (non-hydrogen) atoms. The lowest BCUT2D eigenvalue weighted by Crippen LogP contribution is -2.78. The molecule has 12 atom stereocenters. The van der Waals surface area contributed by atoms with Gasteiger partial charge in [-0.2, -0.15) is 0 Å². The van der Waals surface area contributed by atoms with Crippen molar-refractivity contribution in [2.24, 2.45) is 39.9 Å². The maximum Gasteiger partial charge on any atom is 0.230 e. The summed E-state index contributed by atoms with van der Waals surface area (Å²) in [6.07, 6.45) is 10.1. The van der Waals surface area contributed by atoms with Crippen LogP contribution in [0.15, 0.2) is 101 Å². The number of aldehydes is 1. The fourth-order valence-corrected chi connectivity index (χ4v) is 16.1. The van der Waals surface area contributed by atoms with Crippen LogP contribution in [0.1, 0.15) is 76.8 Å². The van der Waals surface area contributed by atoms with Crippen molar-refractivity contribution in [1.82, 2.24) is 10.6 Å². The quantitative estimate of drug-likeness (QED) is 0.116. The number of aliphatic hydroxyl groups is 6. The molecule has 15 heteroatoms. The molecule has 3 heterocycles. The number of fused-ring (bicyclic) bond motifs is 2. The third-order valence-electron chi connectivity index (χ3n) is 16.9. The number of aliphatic hydroxyl groups excluding tert-OH is 5. The molecule has 0 radical (unpaired) electrons. The van der Waals surface area contributed by atoms with Crippen LogP contribution in [0.3, 0.4) is 0 Å². The minimum absolute atomic E-state index is 0.00954. The van der Waals surface area contributed by atoms with Gasteiger partial charge in [-0.1, -0.05) is 82.6 Å². The van der Waals surface area contributed by atoms with E-state index in [0.717, 1.165) is 72.9 Å². The Hall–Kier alpha value is -4.19. The lowest BCUT2D eigenvalue weighted by Gasteiger charge is -2.62. The monoisotopic (exact) mass is 922 g/mol. The van der Waals surface area contributed by atoms with Crippen molar-refractivity contribution in [2.75, 3.05) is 24.8 Å². The van der Waals surface area contributed by atoms with Gasteiger partial charge >= 0.3 is 0 Å². The van der Waals surface area contributed by atoms with Gasteiger partial charge in [0, 0.05) is 35.1 Å². The van der Waals surface area contributed by atoms with E-state index in [1.807, 2.05) is 18.2 Å². The van der Waals surface area contributed by atoms with E-state index in [-0.39, 0.29) is 52.2 Å². The fraction of sp³-hybridized carbons (Fsp3) is 0.500. The predicted molar refractivity (Wildman–Crippen MR) is 242 cm³/mol. The summed E-state index contributed by atoms with van der Waals surface area (Å²) in [5.74, 6) is -2.49. The smallest absolute Gasteiger partial charge is 0.230 e. The lowest BCUT2D eigenvalue weighted by molar-refractivity contribution is -0.356. The van der Waals surface area contributed by atoms with Gasteiger partial charge in [0.15, 0.2) is 11.6 Å². The van der Waals surface area contributed by atoms with Crippen LogP contribution < -0.4 is 15.4 Å². The molecule has 3 aliphatic heterocycles.